The first-order valence-electron chi connectivity index (χ1n) is 5.28. The Morgan fingerprint density at radius 2 is 2.29 bits per heavy atom. The van der Waals surface area contributed by atoms with Gasteiger partial charge >= 0.3 is 0 Å². The Hall–Kier alpha value is -1.59. The van der Waals surface area contributed by atoms with E-state index in [1.807, 2.05) is 6.07 Å². The molecule has 0 spiro atoms. The van der Waals surface area contributed by atoms with Crippen LogP contribution in [-0.4, -0.2) is 26.8 Å². The number of rotatable bonds is 5. The molecular formula is C11H13ClN4O. The molecule has 1 aromatic carbocycles. The van der Waals surface area contributed by atoms with Gasteiger partial charge in [0.2, 0.25) is 0 Å². The number of aromatic nitrogens is 3. The summed E-state index contributed by atoms with van der Waals surface area (Å²) in [5.74, 6) is 0.971. The first-order chi connectivity index (χ1) is 8.25. The first kappa shape index (κ1) is 11.9. The number of phenolic OH excluding ortho intramolecular Hbond substituents is 1. The van der Waals surface area contributed by atoms with Crippen LogP contribution in [0.2, 0.25) is 5.02 Å². The molecule has 1 aromatic heterocycles. The molecule has 0 bridgehead atoms. The van der Waals surface area contributed by atoms with Gasteiger partial charge in [0.25, 0.3) is 0 Å². The van der Waals surface area contributed by atoms with Gasteiger partial charge in [-0.05, 0) is 17.7 Å². The maximum atomic E-state index is 9.27. The van der Waals surface area contributed by atoms with Crippen LogP contribution in [0, 0.1) is 0 Å². The second kappa shape index (κ2) is 5.65. The molecule has 90 valence electrons. The molecule has 1 heterocycles. The van der Waals surface area contributed by atoms with Crippen LogP contribution in [0.3, 0.4) is 0 Å². The molecule has 17 heavy (non-hydrogen) atoms. The number of phenols is 1. The molecule has 5 nitrogen and oxygen atoms in total. The zero-order valence-electron chi connectivity index (χ0n) is 9.15. The van der Waals surface area contributed by atoms with E-state index in [9.17, 15) is 5.11 Å². The Morgan fingerprint density at radius 3 is 3.00 bits per heavy atom. The van der Waals surface area contributed by atoms with E-state index >= 15 is 0 Å². The fraction of sp³-hybridized carbons (Fsp3) is 0.273. The number of hydrogen-bond acceptors (Lipinski definition) is 4. The van der Waals surface area contributed by atoms with Crippen LogP contribution < -0.4 is 5.32 Å². The molecule has 0 aliphatic rings. The van der Waals surface area contributed by atoms with E-state index in [4.69, 9.17) is 11.6 Å². The van der Waals surface area contributed by atoms with E-state index in [1.54, 1.807) is 12.1 Å². The van der Waals surface area contributed by atoms with Gasteiger partial charge in [-0.2, -0.15) is 5.10 Å². The Bertz CT molecular complexity index is 472. The lowest BCUT2D eigenvalue weighted by Gasteiger charge is -2.05. The minimum Gasteiger partial charge on any atom is -0.506 e. The number of H-pyrrole nitrogens is 1. The van der Waals surface area contributed by atoms with E-state index < -0.39 is 0 Å². The van der Waals surface area contributed by atoms with Crippen molar-refractivity contribution in [3.05, 3.63) is 40.9 Å². The van der Waals surface area contributed by atoms with Gasteiger partial charge in [-0.1, -0.05) is 17.7 Å². The van der Waals surface area contributed by atoms with Gasteiger partial charge in [0.15, 0.2) is 0 Å². The zero-order chi connectivity index (χ0) is 12.1. The minimum atomic E-state index is 0.108. The predicted molar refractivity (Wildman–Crippen MR) is 64.9 cm³/mol. The highest BCUT2D eigenvalue weighted by Gasteiger charge is 2.00. The fourth-order valence-corrected chi connectivity index (χ4v) is 1.65. The highest BCUT2D eigenvalue weighted by Crippen LogP contribution is 2.23. The largest absolute Gasteiger partial charge is 0.506 e. The van der Waals surface area contributed by atoms with Gasteiger partial charge in [-0.25, -0.2) is 4.98 Å². The molecule has 0 aliphatic carbocycles. The molecule has 0 aliphatic heterocycles. The van der Waals surface area contributed by atoms with Gasteiger partial charge in [-0.3, -0.25) is 5.10 Å². The lowest BCUT2D eigenvalue weighted by molar-refractivity contribution is 0.475. The summed E-state index contributed by atoms with van der Waals surface area (Å²) in [7, 11) is 0. The Kier molecular flexibility index (Phi) is 3.95. The number of nitrogens with zero attached hydrogens (tertiary/aromatic N) is 2. The molecule has 0 amide bonds. The van der Waals surface area contributed by atoms with Crippen molar-refractivity contribution in [2.24, 2.45) is 0 Å². The number of halogens is 1. The number of aromatic hydroxyl groups is 1. The third kappa shape index (κ3) is 3.44. The van der Waals surface area contributed by atoms with Crippen LogP contribution in [0.5, 0.6) is 5.75 Å². The molecule has 6 heteroatoms. The molecule has 3 N–H and O–H groups in total. The Balaban J connectivity index is 1.76. The highest BCUT2D eigenvalue weighted by molar-refractivity contribution is 6.32. The third-order valence-electron chi connectivity index (χ3n) is 2.34. The quantitative estimate of drug-likeness (QED) is 0.705. The molecule has 2 rings (SSSR count). The third-order valence-corrected chi connectivity index (χ3v) is 2.65. The average Bonchev–Trinajstić information content (AvgIpc) is 2.82. The van der Waals surface area contributed by atoms with E-state index in [0.29, 0.717) is 11.6 Å². The molecule has 0 fully saturated rings. The van der Waals surface area contributed by atoms with Crippen LogP contribution in [0.4, 0.5) is 0 Å². The first-order valence-corrected chi connectivity index (χ1v) is 5.66. The summed E-state index contributed by atoms with van der Waals surface area (Å²) < 4.78 is 0. The molecular weight excluding hydrogens is 240 g/mol. The summed E-state index contributed by atoms with van der Waals surface area (Å²) in [5, 5.41) is 19.5. The van der Waals surface area contributed by atoms with Crippen LogP contribution in [0.25, 0.3) is 0 Å². The number of hydrogen-bond donors (Lipinski definition) is 3. The van der Waals surface area contributed by atoms with Gasteiger partial charge in [0.1, 0.15) is 17.9 Å². The molecule has 0 radical (unpaired) electrons. The molecule has 2 aromatic rings. The topological polar surface area (TPSA) is 73.8 Å². The van der Waals surface area contributed by atoms with Crippen molar-refractivity contribution in [2.45, 2.75) is 13.0 Å². The summed E-state index contributed by atoms with van der Waals surface area (Å²) in [6.45, 7) is 1.50. The lowest BCUT2D eigenvalue weighted by atomic mass is 10.2. The fourth-order valence-electron chi connectivity index (χ4n) is 1.45. The van der Waals surface area contributed by atoms with Crippen LogP contribution in [0.1, 0.15) is 11.4 Å². The molecule has 0 unspecified atom stereocenters. The SMILES string of the molecule is Oc1ccc(CNCCc2ncn[nH]2)cc1Cl. The summed E-state index contributed by atoms with van der Waals surface area (Å²) in [4.78, 5) is 4.03. The van der Waals surface area contributed by atoms with Crippen LogP contribution in [-0.2, 0) is 13.0 Å². The van der Waals surface area contributed by atoms with Crippen LogP contribution >= 0.6 is 11.6 Å². The standard InChI is InChI=1S/C11H13ClN4O/c12-9-5-8(1-2-10(9)17)6-13-4-3-11-14-7-15-16-11/h1-2,5,7,13,17H,3-4,6H2,(H,14,15,16). The number of benzene rings is 1. The second-order valence-electron chi connectivity index (χ2n) is 3.64. The van der Waals surface area contributed by atoms with E-state index in [2.05, 4.69) is 20.5 Å². The molecule has 0 saturated heterocycles. The van der Waals surface area contributed by atoms with E-state index in [1.165, 1.54) is 6.33 Å². The van der Waals surface area contributed by atoms with Crippen molar-refractivity contribution in [3.63, 3.8) is 0 Å². The Labute approximate surface area is 104 Å². The number of nitrogens with one attached hydrogen (secondary N) is 2. The van der Waals surface area contributed by atoms with Gasteiger partial charge < -0.3 is 10.4 Å². The predicted octanol–water partition coefficient (Wildman–Crippen LogP) is 1.50. The van der Waals surface area contributed by atoms with Gasteiger partial charge in [0, 0.05) is 19.5 Å². The van der Waals surface area contributed by atoms with Gasteiger partial charge in [0.05, 0.1) is 5.02 Å². The lowest BCUT2D eigenvalue weighted by Crippen LogP contribution is -2.17. The summed E-state index contributed by atoms with van der Waals surface area (Å²) in [6, 6.07) is 5.18. The molecule has 0 saturated carbocycles. The molecule has 0 atom stereocenters. The van der Waals surface area contributed by atoms with Crippen molar-refractivity contribution < 1.29 is 5.11 Å². The average molecular weight is 253 g/mol. The summed E-state index contributed by atoms with van der Waals surface area (Å²) in [6.07, 6.45) is 2.29. The van der Waals surface area contributed by atoms with Crippen molar-refractivity contribution in [1.82, 2.24) is 20.5 Å². The monoisotopic (exact) mass is 252 g/mol. The highest BCUT2D eigenvalue weighted by atomic mass is 35.5. The maximum Gasteiger partial charge on any atom is 0.137 e. The van der Waals surface area contributed by atoms with Crippen LogP contribution in [0.15, 0.2) is 24.5 Å². The van der Waals surface area contributed by atoms with Crippen molar-refractivity contribution in [2.75, 3.05) is 6.54 Å². The van der Waals surface area contributed by atoms with Crippen molar-refractivity contribution in [3.8, 4) is 5.75 Å². The van der Waals surface area contributed by atoms with E-state index in [-0.39, 0.29) is 5.75 Å². The van der Waals surface area contributed by atoms with E-state index in [0.717, 1.165) is 24.4 Å². The maximum absolute atomic E-state index is 9.27. The zero-order valence-corrected chi connectivity index (χ0v) is 9.91. The van der Waals surface area contributed by atoms with Gasteiger partial charge in [-0.15, -0.1) is 0 Å². The summed E-state index contributed by atoms with van der Waals surface area (Å²) >= 11 is 5.81. The van der Waals surface area contributed by atoms with Crippen molar-refractivity contribution in [1.29, 1.82) is 0 Å². The summed E-state index contributed by atoms with van der Waals surface area (Å²) in [5.41, 5.74) is 1.03. The smallest absolute Gasteiger partial charge is 0.137 e. The Morgan fingerprint density at radius 1 is 1.41 bits per heavy atom. The normalized spacial score (nSPS) is 10.6. The second-order valence-corrected chi connectivity index (χ2v) is 4.05. The minimum absolute atomic E-state index is 0.108. The van der Waals surface area contributed by atoms with Crippen molar-refractivity contribution >= 4 is 11.6 Å². The number of aromatic amines is 1.